The van der Waals surface area contributed by atoms with Gasteiger partial charge in [0.25, 0.3) is 0 Å². The summed E-state index contributed by atoms with van der Waals surface area (Å²) in [5.74, 6) is -0.0605. The normalized spacial score (nSPS) is 12.8. The molecule has 0 spiro atoms. The van der Waals surface area contributed by atoms with Gasteiger partial charge in [-0.25, -0.2) is 0 Å². The van der Waals surface area contributed by atoms with Crippen LogP contribution in [0.3, 0.4) is 0 Å². The summed E-state index contributed by atoms with van der Waals surface area (Å²) in [6, 6.07) is -0.628. The number of hydrogen-bond donors (Lipinski definition) is 3. The number of aliphatic hydroxyl groups is 2. The molecular formula is C75H141NO5. The zero-order valence-corrected chi connectivity index (χ0v) is 54.5. The van der Waals surface area contributed by atoms with Gasteiger partial charge in [-0.3, -0.25) is 9.59 Å². The first-order valence-corrected chi connectivity index (χ1v) is 36.4. The van der Waals surface area contributed by atoms with Crippen molar-refractivity contribution in [1.29, 1.82) is 0 Å². The molecule has 2 atom stereocenters. The number of rotatable bonds is 68. The van der Waals surface area contributed by atoms with E-state index >= 15 is 0 Å². The number of carbonyl (C=O) groups is 2. The Bertz CT molecular complexity index is 1360. The predicted octanol–water partition coefficient (Wildman–Crippen LogP) is 23.6. The van der Waals surface area contributed by atoms with E-state index in [1.54, 1.807) is 6.08 Å². The number of amides is 1. The number of carbonyl (C=O) groups excluding carboxylic acids is 2. The molecule has 0 bridgehead atoms. The van der Waals surface area contributed by atoms with Gasteiger partial charge in [-0.15, -0.1) is 0 Å². The summed E-state index contributed by atoms with van der Waals surface area (Å²) in [6.45, 7) is 4.87. The topological polar surface area (TPSA) is 95.9 Å². The lowest BCUT2D eigenvalue weighted by Gasteiger charge is -2.20. The van der Waals surface area contributed by atoms with Crippen molar-refractivity contribution in [2.75, 3.05) is 13.2 Å². The summed E-state index contributed by atoms with van der Waals surface area (Å²) in [5.41, 5.74) is 0. The molecule has 0 aromatic rings. The number of nitrogens with one attached hydrogen (secondary N) is 1. The van der Waals surface area contributed by atoms with Crippen LogP contribution >= 0.6 is 0 Å². The fourth-order valence-corrected chi connectivity index (χ4v) is 11.3. The third-order valence-corrected chi connectivity index (χ3v) is 16.8. The van der Waals surface area contributed by atoms with Crippen LogP contribution in [0.25, 0.3) is 0 Å². The third-order valence-electron chi connectivity index (χ3n) is 16.8. The molecule has 1 amide bonds. The third kappa shape index (κ3) is 66.8. The Kier molecular flexibility index (Phi) is 68.4. The van der Waals surface area contributed by atoms with Crippen molar-refractivity contribution in [1.82, 2.24) is 5.32 Å². The van der Waals surface area contributed by atoms with Crippen molar-refractivity contribution in [2.45, 2.75) is 405 Å². The Morgan fingerprint density at radius 2 is 0.642 bits per heavy atom. The molecule has 0 saturated heterocycles. The molecule has 81 heavy (non-hydrogen) atoms. The number of ether oxygens (including phenoxy) is 1. The Labute approximate surface area is 506 Å². The van der Waals surface area contributed by atoms with Crippen LogP contribution in [0.1, 0.15) is 393 Å². The molecule has 0 aromatic heterocycles. The fraction of sp³-hybridized carbons (Fsp3) is 0.867. The highest BCUT2D eigenvalue weighted by Crippen LogP contribution is 2.18. The van der Waals surface area contributed by atoms with Crippen LogP contribution in [-0.4, -0.2) is 47.4 Å². The van der Waals surface area contributed by atoms with Gasteiger partial charge in [-0.2, -0.15) is 0 Å². The highest BCUT2D eigenvalue weighted by Gasteiger charge is 2.18. The van der Waals surface area contributed by atoms with Gasteiger partial charge in [-0.1, -0.05) is 345 Å². The molecule has 0 aromatic carbocycles. The smallest absolute Gasteiger partial charge is 0.305 e. The van der Waals surface area contributed by atoms with Crippen molar-refractivity contribution in [3.63, 3.8) is 0 Å². The van der Waals surface area contributed by atoms with Crippen LogP contribution in [0, 0.1) is 0 Å². The van der Waals surface area contributed by atoms with Crippen LogP contribution in [0.4, 0.5) is 0 Å². The molecule has 6 heteroatoms. The maximum atomic E-state index is 12.5. The molecule has 0 saturated carbocycles. The van der Waals surface area contributed by atoms with E-state index < -0.39 is 12.1 Å². The van der Waals surface area contributed by atoms with E-state index in [1.807, 2.05) is 6.08 Å². The zero-order valence-electron chi connectivity index (χ0n) is 54.5. The van der Waals surface area contributed by atoms with Crippen molar-refractivity contribution >= 4 is 11.9 Å². The number of esters is 1. The molecule has 6 nitrogen and oxygen atoms in total. The van der Waals surface area contributed by atoms with Crippen molar-refractivity contribution in [3.8, 4) is 0 Å². The molecule has 0 aliphatic rings. The van der Waals surface area contributed by atoms with Crippen LogP contribution in [-0.2, 0) is 14.3 Å². The number of allylic oxidation sites excluding steroid dienone is 7. The quantitative estimate of drug-likeness (QED) is 0.0320. The zero-order chi connectivity index (χ0) is 58.5. The lowest BCUT2D eigenvalue weighted by Crippen LogP contribution is -2.45. The molecule has 0 heterocycles. The minimum atomic E-state index is -0.844. The van der Waals surface area contributed by atoms with Gasteiger partial charge in [0.1, 0.15) is 0 Å². The number of hydrogen-bond acceptors (Lipinski definition) is 5. The standard InChI is InChI=1S/C75H141NO5/c1-3-5-7-9-11-13-15-17-18-19-20-34-37-40-44-47-51-55-59-63-67-73(78)72(71-77)76-74(79)68-64-60-56-52-48-45-41-38-35-32-30-28-26-24-22-21-23-25-27-29-31-33-36-39-42-46-50-54-58-62-66-70-81-75(80)69-65-61-57-53-49-43-16-14-12-10-8-6-4-2/h8,10,14,16,23,25,63,67,72-73,77-78H,3-7,9,11-13,15,17-22,24,26-62,64-66,68-71H2,1-2H3,(H,76,79)/b10-8-,16-14-,25-23-,67-63+. The molecule has 0 aliphatic carbocycles. The average Bonchev–Trinajstić information content (AvgIpc) is 3.47. The van der Waals surface area contributed by atoms with Gasteiger partial charge in [0.15, 0.2) is 0 Å². The van der Waals surface area contributed by atoms with E-state index in [4.69, 9.17) is 4.74 Å². The van der Waals surface area contributed by atoms with E-state index in [9.17, 15) is 19.8 Å². The van der Waals surface area contributed by atoms with Gasteiger partial charge in [0.2, 0.25) is 5.91 Å². The Morgan fingerprint density at radius 1 is 0.346 bits per heavy atom. The highest BCUT2D eigenvalue weighted by molar-refractivity contribution is 5.76. The van der Waals surface area contributed by atoms with Crippen molar-refractivity contribution in [2.24, 2.45) is 0 Å². The number of aliphatic hydroxyl groups excluding tert-OH is 2. The van der Waals surface area contributed by atoms with Crippen molar-refractivity contribution < 1.29 is 24.5 Å². The Morgan fingerprint density at radius 3 is 1.00 bits per heavy atom. The van der Waals surface area contributed by atoms with E-state index in [-0.39, 0.29) is 18.5 Å². The lowest BCUT2D eigenvalue weighted by molar-refractivity contribution is -0.143. The molecule has 0 fully saturated rings. The van der Waals surface area contributed by atoms with Crippen LogP contribution in [0.5, 0.6) is 0 Å². The molecule has 3 N–H and O–H groups in total. The van der Waals surface area contributed by atoms with Crippen molar-refractivity contribution in [3.05, 3.63) is 48.6 Å². The maximum Gasteiger partial charge on any atom is 0.305 e. The van der Waals surface area contributed by atoms with Gasteiger partial charge in [-0.05, 0) is 83.5 Å². The molecule has 2 unspecified atom stereocenters. The molecule has 0 radical (unpaired) electrons. The first-order chi connectivity index (χ1) is 40.0. The van der Waals surface area contributed by atoms with Gasteiger partial charge in [0.05, 0.1) is 25.4 Å². The Hall–Kier alpha value is -2.18. The summed E-state index contributed by atoms with van der Waals surface area (Å²) >= 11 is 0. The minimum Gasteiger partial charge on any atom is -0.466 e. The Balaban J connectivity index is 3.39. The first-order valence-electron chi connectivity index (χ1n) is 36.4. The summed E-state index contributed by atoms with van der Waals surface area (Å²) in [5, 5.41) is 23.3. The largest absolute Gasteiger partial charge is 0.466 e. The predicted molar refractivity (Wildman–Crippen MR) is 356 cm³/mol. The van der Waals surface area contributed by atoms with E-state index in [1.165, 1.54) is 315 Å². The van der Waals surface area contributed by atoms with E-state index in [0.717, 1.165) is 51.4 Å². The van der Waals surface area contributed by atoms with Gasteiger partial charge in [0, 0.05) is 12.8 Å². The second-order valence-corrected chi connectivity index (χ2v) is 24.9. The van der Waals surface area contributed by atoms with E-state index in [0.29, 0.717) is 19.4 Å². The molecular weight excluding hydrogens is 995 g/mol. The van der Waals surface area contributed by atoms with Crippen LogP contribution < -0.4 is 5.32 Å². The van der Waals surface area contributed by atoms with E-state index in [2.05, 4.69) is 55.6 Å². The summed E-state index contributed by atoms with van der Waals surface area (Å²) < 4.78 is 5.48. The minimum absolute atomic E-state index is 0.00209. The van der Waals surface area contributed by atoms with Gasteiger partial charge < -0.3 is 20.3 Å². The van der Waals surface area contributed by atoms with Crippen LogP contribution in [0.2, 0.25) is 0 Å². The second kappa shape index (κ2) is 70.3. The summed E-state index contributed by atoms with van der Waals surface area (Å²) in [7, 11) is 0. The molecule has 0 rings (SSSR count). The fourth-order valence-electron chi connectivity index (χ4n) is 11.3. The first kappa shape index (κ1) is 78.8. The number of unbranched alkanes of at least 4 members (excludes halogenated alkanes) is 51. The molecule has 476 valence electrons. The SMILES string of the molecule is CCC/C=C\C/C=C\CCCCCCCC(=O)OCCCCCCCCCCCCCC/C=C\CCCCCCCCCCCCCCCCCC(=O)NC(CO)C(O)/C=C/CCCCCCCCCCCCCCCCCCCC. The van der Waals surface area contributed by atoms with Crippen LogP contribution in [0.15, 0.2) is 48.6 Å². The average molecular weight is 1140 g/mol. The maximum absolute atomic E-state index is 12.5. The summed E-state index contributed by atoms with van der Waals surface area (Å²) in [6.07, 6.45) is 92.0. The lowest BCUT2D eigenvalue weighted by atomic mass is 10.0. The molecule has 0 aliphatic heterocycles. The highest BCUT2D eigenvalue weighted by atomic mass is 16.5. The monoisotopic (exact) mass is 1140 g/mol. The second-order valence-electron chi connectivity index (χ2n) is 24.9. The van der Waals surface area contributed by atoms with Gasteiger partial charge >= 0.3 is 5.97 Å². The summed E-state index contributed by atoms with van der Waals surface area (Å²) in [4.78, 5) is 24.6.